The summed E-state index contributed by atoms with van der Waals surface area (Å²) in [5.74, 6) is 0.629. The molecule has 0 aromatic rings. The lowest BCUT2D eigenvalue weighted by atomic mass is 9.74. The first-order valence-corrected chi connectivity index (χ1v) is 18.1. The monoisotopic (exact) mass is 624 g/mol. The van der Waals surface area contributed by atoms with Crippen LogP contribution in [0.1, 0.15) is 77.0 Å². The Labute approximate surface area is 258 Å². The topological polar surface area (TPSA) is 96.2 Å². The Balaban J connectivity index is 1.08. The fraction of sp³-hybridized carbons (Fsp3) is 1.00. The smallest absolute Gasteiger partial charge is 0.165 e. The number of fused-ring (bicyclic) bond motifs is 20. The molecule has 9 aliphatic rings. The first-order chi connectivity index (χ1) is 21.5. The summed E-state index contributed by atoms with van der Waals surface area (Å²) in [7, 11) is 0. The Morgan fingerprint density at radius 2 is 0.477 bits per heavy atom. The van der Waals surface area contributed by atoms with Gasteiger partial charge in [0.25, 0.3) is 0 Å². The number of hydrogen-bond acceptors (Lipinski definition) is 8. The highest BCUT2D eigenvalue weighted by Gasteiger charge is 2.63. The maximum absolute atomic E-state index is 15.8. The molecule has 5 heterocycles. The lowest BCUT2D eigenvalue weighted by molar-refractivity contribution is -0.0799. The van der Waals surface area contributed by atoms with Gasteiger partial charge in [0.05, 0.1) is 49.3 Å². The van der Waals surface area contributed by atoms with E-state index in [0.29, 0.717) is 35.5 Å². The number of alkyl halides is 4. The fourth-order valence-electron chi connectivity index (χ4n) is 11.9. The lowest BCUT2D eigenvalue weighted by Gasteiger charge is -2.41. The molecule has 4 aliphatic carbocycles. The van der Waals surface area contributed by atoms with E-state index in [-0.39, 0.29) is 37.0 Å². The van der Waals surface area contributed by atoms with Crippen LogP contribution in [0.15, 0.2) is 0 Å². The van der Waals surface area contributed by atoms with Crippen molar-refractivity contribution in [3.63, 3.8) is 0 Å². The second kappa shape index (κ2) is 11.5. The van der Waals surface area contributed by atoms with Crippen LogP contribution in [0.5, 0.6) is 0 Å². The van der Waals surface area contributed by atoms with Crippen molar-refractivity contribution < 1.29 is 17.6 Å². The number of hydrogen-bond donors (Lipinski definition) is 8. The van der Waals surface area contributed by atoms with Crippen LogP contribution in [0, 0.1) is 47.3 Å². The van der Waals surface area contributed by atoms with E-state index in [1.165, 1.54) is 38.5 Å². The zero-order valence-electron chi connectivity index (χ0n) is 25.5. The van der Waals surface area contributed by atoms with Crippen LogP contribution in [0.4, 0.5) is 17.6 Å². The maximum atomic E-state index is 15.8. The summed E-state index contributed by atoms with van der Waals surface area (Å²) >= 11 is 0. The van der Waals surface area contributed by atoms with Crippen molar-refractivity contribution in [3.8, 4) is 0 Å². The molecule has 0 aromatic carbocycles. The van der Waals surface area contributed by atoms with Gasteiger partial charge >= 0.3 is 0 Å². The summed E-state index contributed by atoms with van der Waals surface area (Å²) in [6, 6.07) is 0. The minimum absolute atomic E-state index is 0.0953. The van der Waals surface area contributed by atoms with Crippen molar-refractivity contribution in [2.45, 2.75) is 151 Å². The van der Waals surface area contributed by atoms with Gasteiger partial charge in [-0.15, -0.1) is 0 Å². The van der Waals surface area contributed by atoms with E-state index in [2.05, 4.69) is 42.5 Å². The first-order valence-electron chi connectivity index (χ1n) is 18.1. The highest BCUT2D eigenvalue weighted by Crippen LogP contribution is 2.47. The second-order valence-electron chi connectivity index (χ2n) is 15.9. The number of rotatable bonds is 0. The Hall–Kier alpha value is -0.600. The molecule has 248 valence electrons. The molecule has 8 N–H and O–H groups in total. The van der Waals surface area contributed by atoms with Gasteiger partial charge in [-0.1, -0.05) is 38.5 Å². The van der Waals surface area contributed by atoms with Crippen LogP contribution in [-0.2, 0) is 0 Å². The summed E-state index contributed by atoms with van der Waals surface area (Å²) in [4.78, 5) is 0. The third kappa shape index (κ3) is 4.66. The molecule has 8 bridgehead atoms. The highest BCUT2D eigenvalue weighted by molar-refractivity contribution is 5.13. The molecule has 0 amide bonds. The quantitative estimate of drug-likeness (QED) is 0.195. The van der Waals surface area contributed by atoms with Gasteiger partial charge in [0.2, 0.25) is 0 Å². The fourth-order valence-corrected chi connectivity index (χ4v) is 11.9. The standard InChI is InChI=1S/C32H52F4N8/c33-21-19-20(22(34)24(36)23(21)35)32-43-30-18-12-6-4-10-16(18)28(41-30)39-26-14-8-2-1-7-13(14)25(37-26)38-27-15-9-3-5-11-17(15)29(40-27)42-31(19)44-32/h13-32,37-44H,1-12H2. The van der Waals surface area contributed by atoms with Crippen molar-refractivity contribution in [2.75, 3.05) is 0 Å². The van der Waals surface area contributed by atoms with Gasteiger partial charge in [0.1, 0.15) is 12.3 Å². The van der Waals surface area contributed by atoms with E-state index in [4.69, 9.17) is 0 Å². The minimum Gasteiger partial charge on any atom is -0.286 e. The molecule has 5 saturated heterocycles. The molecule has 0 spiro atoms. The number of nitrogens with one attached hydrogen (secondary N) is 8. The van der Waals surface area contributed by atoms with Gasteiger partial charge < -0.3 is 0 Å². The van der Waals surface area contributed by atoms with Crippen molar-refractivity contribution in [2.24, 2.45) is 47.3 Å². The molecule has 9 fully saturated rings. The zero-order valence-corrected chi connectivity index (χ0v) is 25.5. The van der Waals surface area contributed by atoms with Gasteiger partial charge in [-0.25, -0.2) is 17.6 Å². The molecule has 44 heavy (non-hydrogen) atoms. The Morgan fingerprint density at radius 1 is 0.273 bits per heavy atom. The molecule has 4 saturated carbocycles. The van der Waals surface area contributed by atoms with Crippen molar-refractivity contribution in [1.29, 1.82) is 0 Å². The van der Waals surface area contributed by atoms with Gasteiger partial charge in [-0.05, 0) is 74.0 Å². The van der Waals surface area contributed by atoms with Crippen LogP contribution in [0.2, 0.25) is 0 Å². The SMILES string of the molecule is FC1C(F)C(F)C2C3NC4NC(NC5NC(NC6NC(NC(N3)C2C1F)C1CCCCC61)C1CCCCC51)C1CCCCC41. The van der Waals surface area contributed by atoms with Gasteiger partial charge in [-0.2, -0.15) is 0 Å². The van der Waals surface area contributed by atoms with Crippen molar-refractivity contribution in [1.82, 2.24) is 42.5 Å². The van der Waals surface area contributed by atoms with Crippen LogP contribution in [0.3, 0.4) is 0 Å². The summed E-state index contributed by atoms with van der Waals surface area (Å²) < 4.78 is 61.5. The van der Waals surface area contributed by atoms with Gasteiger partial charge in [-0.3, -0.25) is 42.5 Å². The number of halogens is 4. The van der Waals surface area contributed by atoms with Crippen LogP contribution >= 0.6 is 0 Å². The average Bonchev–Trinajstić information content (AvgIpc) is 3.78. The molecule has 8 nitrogen and oxygen atoms in total. The average molecular weight is 625 g/mol. The van der Waals surface area contributed by atoms with Crippen LogP contribution < -0.4 is 42.5 Å². The van der Waals surface area contributed by atoms with E-state index in [1.54, 1.807) is 0 Å². The van der Waals surface area contributed by atoms with Crippen molar-refractivity contribution >= 4 is 0 Å². The van der Waals surface area contributed by atoms with E-state index < -0.39 is 48.9 Å². The summed E-state index contributed by atoms with van der Waals surface area (Å²) in [6.45, 7) is 0. The van der Waals surface area contributed by atoms with Crippen LogP contribution in [0.25, 0.3) is 0 Å². The molecule has 0 radical (unpaired) electrons. The molecular formula is C32H52F4N8. The Kier molecular flexibility index (Phi) is 7.74. The summed E-state index contributed by atoms with van der Waals surface area (Å²) in [5.41, 5.74) is 0. The predicted octanol–water partition coefficient (Wildman–Crippen LogP) is 2.40. The molecule has 0 aromatic heterocycles. The predicted molar refractivity (Wildman–Crippen MR) is 158 cm³/mol. The molecule has 5 aliphatic heterocycles. The largest absolute Gasteiger partial charge is 0.286 e. The summed E-state index contributed by atoms with van der Waals surface area (Å²) in [5, 5.41) is 30.6. The molecular weight excluding hydrogens is 572 g/mol. The van der Waals surface area contributed by atoms with E-state index >= 15 is 8.78 Å². The zero-order chi connectivity index (χ0) is 29.7. The van der Waals surface area contributed by atoms with Gasteiger partial charge in [0.15, 0.2) is 12.3 Å². The Morgan fingerprint density at radius 3 is 0.727 bits per heavy atom. The molecule has 20 unspecified atom stereocenters. The molecule has 12 heteroatoms. The first kappa shape index (κ1) is 29.5. The highest BCUT2D eigenvalue weighted by atomic mass is 19.2. The normalized spacial score (nSPS) is 60.3. The van der Waals surface area contributed by atoms with E-state index in [1.807, 2.05) is 0 Å². The van der Waals surface area contributed by atoms with Crippen LogP contribution in [-0.4, -0.2) is 74.0 Å². The van der Waals surface area contributed by atoms with E-state index in [0.717, 1.165) is 38.5 Å². The maximum Gasteiger partial charge on any atom is 0.165 e. The third-order valence-electron chi connectivity index (χ3n) is 13.9. The Bertz CT molecular complexity index is 982. The van der Waals surface area contributed by atoms with Gasteiger partial charge in [0, 0.05) is 11.8 Å². The summed E-state index contributed by atoms with van der Waals surface area (Å²) in [6.07, 6.45) is 3.98. The molecule has 9 rings (SSSR count). The molecule has 20 atom stereocenters. The minimum atomic E-state index is -2.45. The lowest BCUT2D eigenvalue weighted by Crippen LogP contribution is -2.62. The third-order valence-corrected chi connectivity index (χ3v) is 13.9. The van der Waals surface area contributed by atoms with E-state index in [9.17, 15) is 8.78 Å². The second-order valence-corrected chi connectivity index (χ2v) is 15.9. The van der Waals surface area contributed by atoms with Crippen molar-refractivity contribution in [3.05, 3.63) is 0 Å².